The summed E-state index contributed by atoms with van der Waals surface area (Å²) in [5, 5.41) is 0. The van der Waals surface area contributed by atoms with Gasteiger partial charge in [-0.25, -0.2) is 0 Å². The summed E-state index contributed by atoms with van der Waals surface area (Å²) < 4.78 is 0. The van der Waals surface area contributed by atoms with Gasteiger partial charge in [0.05, 0.1) is 5.69 Å². The fourth-order valence-electron chi connectivity index (χ4n) is 2.26. The Bertz CT molecular complexity index is 567. The van der Waals surface area contributed by atoms with Gasteiger partial charge in [-0.2, -0.15) is 0 Å². The molecular weight excluding hydrogens is 206 g/mol. The fraction of sp³-hybridized carbons (Fsp3) is 0.250. The Hall–Kier alpha value is -1.35. The molecule has 0 saturated carbocycles. The van der Waals surface area contributed by atoms with Gasteiger partial charge in [-0.15, -0.1) is 0 Å². The van der Waals surface area contributed by atoms with Crippen molar-refractivity contribution in [1.82, 2.24) is 4.98 Å². The van der Waals surface area contributed by atoms with Gasteiger partial charge in [0.1, 0.15) is 0 Å². The van der Waals surface area contributed by atoms with Crippen molar-refractivity contribution in [2.24, 2.45) is 0 Å². The van der Waals surface area contributed by atoms with Crippen molar-refractivity contribution >= 4 is 11.3 Å². The first-order valence-electron chi connectivity index (χ1n) is 5.07. The maximum atomic E-state index is 11.3. The SMILES string of the molecule is CC1Cc2sc(=O)[nH]c2-c2ccccc21. The van der Waals surface area contributed by atoms with Crippen LogP contribution in [0.4, 0.5) is 0 Å². The summed E-state index contributed by atoms with van der Waals surface area (Å²) in [5.74, 6) is 0.514. The van der Waals surface area contributed by atoms with E-state index < -0.39 is 0 Å². The molecule has 15 heavy (non-hydrogen) atoms. The molecule has 1 N–H and O–H groups in total. The van der Waals surface area contributed by atoms with Crippen LogP contribution in [0.3, 0.4) is 0 Å². The van der Waals surface area contributed by atoms with Gasteiger partial charge in [0.15, 0.2) is 0 Å². The molecule has 1 heterocycles. The minimum atomic E-state index is 0.0592. The van der Waals surface area contributed by atoms with Crippen LogP contribution in [0.25, 0.3) is 11.3 Å². The summed E-state index contributed by atoms with van der Waals surface area (Å²) in [7, 11) is 0. The van der Waals surface area contributed by atoms with Crippen LogP contribution in [0.5, 0.6) is 0 Å². The summed E-state index contributed by atoms with van der Waals surface area (Å²) in [6.45, 7) is 2.21. The highest BCUT2D eigenvalue weighted by Crippen LogP contribution is 2.38. The predicted molar refractivity (Wildman–Crippen MR) is 62.5 cm³/mol. The molecule has 1 aliphatic rings. The monoisotopic (exact) mass is 217 g/mol. The number of nitrogens with one attached hydrogen (secondary N) is 1. The molecule has 0 saturated heterocycles. The third kappa shape index (κ3) is 1.27. The smallest absolute Gasteiger partial charge is 0.305 e. The Morgan fingerprint density at radius 2 is 2.20 bits per heavy atom. The van der Waals surface area contributed by atoms with Crippen LogP contribution in [0.2, 0.25) is 0 Å². The van der Waals surface area contributed by atoms with Crippen LogP contribution in [-0.2, 0) is 6.42 Å². The molecule has 0 bridgehead atoms. The van der Waals surface area contributed by atoms with E-state index in [1.54, 1.807) is 0 Å². The molecule has 3 heteroatoms. The summed E-state index contributed by atoms with van der Waals surface area (Å²) in [4.78, 5) is 15.5. The Balaban J connectivity index is 2.33. The van der Waals surface area contributed by atoms with E-state index in [-0.39, 0.29) is 4.87 Å². The second-order valence-corrected chi connectivity index (χ2v) is 5.07. The number of thiazole rings is 1. The van der Waals surface area contributed by atoms with Gasteiger partial charge in [-0.1, -0.05) is 42.5 Å². The van der Waals surface area contributed by atoms with E-state index in [4.69, 9.17) is 0 Å². The van der Waals surface area contributed by atoms with Gasteiger partial charge >= 0.3 is 4.87 Å². The van der Waals surface area contributed by atoms with Crippen molar-refractivity contribution in [3.8, 4) is 11.3 Å². The Morgan fingerprint density at radius 3 is 3.07 bits per heavy atom. The van der Waals surface area contributed by atoms with Crippen LogP contribution < -0.4 is 4.87 Å². The number of benzene rings is 1. The van der Waals surface area contributed by atoms with Crippen molar-refractivity contribution in [2.75, 3.05) is 0 Å². The summed E-state index contributed by atoms with van der Waals surface area (Å²) in [6.07, 6.45) is 0.982. The lowest BCUT2D eigenvalue weighted by atomic mass is 9.86. The summed E-state index contributed by atoms with van der Waals surface area (Å²) >= 11 is 1.35. The van der Waals surface area contributed by atoms with Gasteiger partial charge in [0.2, 0.25) is 0 Å². The third-order valence-corrected chi connectivity index (χ3v) is 3.88. The average Bonchev–Trinajstić information content (AvgIpc) is 2.59. The Labute approximate surface area is 91.6 Å². The Morgan fingerprint density at radius 1 is 1.40 bits per heavy atom. The van der Waals surface area contributed by atoms with Crippen LogP contribution >= 0.6 is 11.3 Å². The zero-order chi connectivity index (χ0) is 10.4. The third-order valence-electron chi connectivity index (χ3n) is 2.97. The van der Waals surface area contributed by atoms with E-state index in [2.05, 4.69) is 30.1 Å². The number of aromatic amines is 1. The number of aromatic nitrogens is 1. The maximum absolute atomic E-state index is 11.3. The van der Waals surface area contributed by atoms with E-state index in [9.17, 15) is 4.79 Å². The first-order chi connectivity index (χ1) is 7.25. The highest BCUT2D eigenvalue weighted by molar-refractivity contribution is 7.09. The molecule has 1 atom stereocenters. The zero-order valence-corrected chi connectivity index (χ0v) is 9.23. The maximum Gasteiger partial charge on any atom is 0.305 e. The summed E-state index contributed by atoms with van der Waals surface area (Å²) in [5.41, 5.74) is 3.59. The van der Waals surface area contributed by atoms with Crippen molar-refractivity contribution in [3.05, 3.63) is 44.4 Å². The molecule has 1 aliphatic carbocycles. The lowest BCUT2D eigenvalue weighted by molar-refractivity contribution is 0.757. The number of rotatable bonds is 0. The minimum absolute atomic E-state index is 0.0592. The molecule has 76 valence electrons. The lowest BCUT2D eigenvalue weighted by Crippen LogP contribution is -2.06. The largest absolute Gasteiger partial charge is 0.312 e. The quantitative estimate of drug-likeness (QED) is 0.723. The van der Waals surface area contributed by atoms with Gasteiger partial charge in [-0.05, 0) is 17.9 Å². The molecular formula is C12H11NOS. The van der Waals surface area contributed by atoms with Gasteiger partial charge in [-0.3, -0.25) is 4.79 Å². The Kier molecular flexibility index (Phi) is 1.83. The molecule has 0 fully saturated rings. The zero-order valence-electron chi connectivity index (χ0n) is 8.41. The van der Waals surface area contributed by atoms with Crippen LogP contribution in [-0.4, -0.2) is 4.98 Å². The van der Waals surface area contributed by atoms with Gasteiger partial charge in [0, 0.05) is 10.4 Å². The number of fused-ring (bicyclic) bond motifs is 3. The lowest BCUT2D eigenvalue weighted by Gasteiger charge is -2.21. The second kappa shape index (κ2) is 3.07. The average molecular weight is 217 g/mol. The van der Waals surface area contributed by atoms with E-state index in [1.807, 2.05) is 6.07 Å². The molecule has 0 radical (unpaired) electrons. The first kappa shape index (κ1) is 8.92. The molecule has 1 aromatic carbocycles. The van der Waals surface area contributed by atoms with E-state index >= 15 is 0 Å². The number of hydrogen-bond donors (Lipinski definition) is 1. The molecule has 1 unspecified atom stereocenters. The van der Waals surface area contributed by atoms with Gasteiger partial charge < -0.3 is 4.98 Å². The van der Waals surface area contributed by atoms with E-state index in [1.165, 1.54) is 27.3 Å². The minimum Gasteiger partial charge on any atom is -0.312 e. The van der Waals surface area contributed by atoms with Crippen molar-refractivity contribution in [3.63, 3.8) is 0 Å². The molecule has 2 aromatic rings. The van der Waals surface area contributed by atoms with Crippen LogP contribution in [0.1, 0.15) is 23.3 Å². The first-order valence-corrected chi connectivity index (χ1v) is 5.88. The van der Waals surface area contributed by atoms with Crippen LogP contribution in [0, 0.1) is 0 Å². The highest BCUT2D eigenvalue weighted by Gasteiger charge is 2.23. The highest BCUT2D eigenvalue weighted by atomic mass is 32.1. The van der Waals surface area contributed by atoms with Crippen molar-refractivity contribution in [2.45, 2.75) is 19.3 Å². The molecule has 0 amide bonds. The second-order valence-electron chi connectivity index (χ2n) is 4.01. The fourth-order valence-corrected chi connectivity index (χ4v) is 3.24. The topological polar surface area (TPSA) is 32.9 Å². The van der Waals surface area contributed by atoms with Crippen molar-refractivity contribution < 1.29 is 0 Å². The van der Waals surface area contributed by atoms with Crippen molar-refractivity contribution in [1.29, 1.82) is 0 Å². The number of H-pyrrole nitrogens is 1. The molecule has 0 aliphatic heterocycles. The molecule has 1 aromatic heterocycles. The molecule has 2 nitrogen and oxygen atoms in total. The standard InChI is InChI=1S/C12H11NOS/c1-7-6-10-11(13-12(14)15-10)9-5-3-2-4-8(7)9/h2-5,7H,6H2,1H3,(H,13,14). The molecule has 3 rings (SSSR count). The van der Waals surface area contributed by atoms with Crippen LogP contribution in [0.15, 0.2) is 29.1 Å². The van der Waals surface area contributed by atoms with E-state index in [0.29, 0.717) is 5.92 Å². The normalized spacial score (nSPS) is 18.3. The van der Waals surface area contributed by atoms with Gasteiger partial charge in [0.25, 0.3) is 0 Å². The number of hydrogen-bond acceptors (Lipinski definition) is 2. The van der Waals surface area contributed by atoms with E-state index in [0.717, 1.165) is 12.1 Å². The molecule has 0 spiro atoms. The summed E-state index contributed by atoms with van der Waals surface area (Å²) in [6, 6.07) is 8.33. The predicted octanol–water partition coefficient (Wildman–Crippen LogP) is 2.76.